The Morgan fingerprint density at radius 2 is 1.68 bits per heavy atom. The van der Waals surface area contributed by atoms with E-state index in [0.29, 0.717) is 52.8 Å². The third kappa shape index (κ3) is 4.39. The van der Waals surface area contributed by atoms with Gasteiger partial charge in [0.2, 0.25) is 5.75 Å². The first kappa shape index (κ1) is 21.2. The molecule has 6 nitrogen and oxygen atoms in total. The highest BCUT2D eigenvalue weighted by atomic mass is 16.5. The number of carbonyl (C=O) groups excluding carboxylic acids is 1. The van der Waals surface area contributed by atoms with E-state index in [1.807, 2.05) is 19.9 Å². The highest BCUT2D eigenvalue weighted by Crippen LogP contribution is 2.41. The molecule has 150 valence electrons. The normalized spacial score (nSPS) is 11.1. The molecule has 0 spiro atoms. The fourth-order valence-electron chi connectivity index (χ4n) is 2.90. The van der Waals surface area contributed by atoms with Gasteiger partial charge in [0.05, 0.1) is 33.6 Å². The highest BCUT2D eigenvalue weighted by Gasteiger charge is 2.18. The number of nitrogen functional groups attached to an aromatic ring is 1. The largest absolute Gasteiger partial charge is 0.493 e. The van der Waals surface area contributed by atoms with Gasteiger partial charge in [-0.3, -0.25) is 4.79 Å². The number of hydrogen-bond donors (Lipinski definition) is 1. The molecule has 0 aliphatic carbocycles. The van der Waals surface area contributed by atoms with Crippen molar-refractivity contribution >= 4 is 17.5 Å². The maximum absolute atomic E-state index is 13.1. The number of hydrogen-bond acceptors (Lipinski definition) is 6. The van der Waals surface area contributed by atoms with Gasteiger partial charge in [-0.25, -0.2) is 0 Å². The molecule has 0 amide bonds. The summed E-state index contributed by atoms with van der Waals surface area (Å²) in [7, 11) is 4.66. The number of allylic oxidation sites excluding steroid dienone is 1. The number of rotatable bonds is 9. The van der Waals surface area contributed by atoms with Gasteiger partial charge in [0.25, 0.3) is 0 Å². The molecule has 0 aliphatic heterocycles. The van der Waals surface area contributed by atoms with E-state index in [-0.39, 0.29) is 5.78 Å². The predicted octanol–water partition coefficient (Wildman–Crippen LogP) is 4.37. The lowest BCUT2D eigenvalue weighted by molar-refractivity contribution is 0.103. The van der Waals surface area contributed by atoms with Crippen LogP contribution < -0.4 is 24.7 Å². The molecule has 0 fully saturated rings. The SMILES string of the molecule is CCOc1cc(C(=O)C(=Cc2ccc(OC)c(OC)c2OC)CC)ccc1N. The first-order chi connectivity index (χ1) is 13.5. The molecule has 0 aromatic heterocycles. The molecular weight excluding hydrogens is 358 g/mol. The fourth-order valence-corrected chi connectivity index (χ4v) is 2.90. The zero-order chi connectivity index (χ0) is 20.7. The quantitative estimate of drug-likeness (QED) is 0.392. The van der Waals surface area contributed by atoms with E-state index in [4.69, 9.17) is 24.7 Å². The minimum atomic E-state index is -0.0970. The molecule has 0 aliphatic rings. The number of ketones is 1. The molecule has 0 radical (unpaired) electrons. The van der Waals surface area contributed by atoms with Crippen LogP contribution in [0.15, 0.2) is 35.9 Å². The van der Waals surface area contributed by atoms with Gasteiger partial charge >= 0.3 is 0 Å². The van der Waals surface area contributed by atoms with Crippen molar-refractivity contribution in [3.05, 3.63) is 47.0 Å². The number of benzene rings is 2. The number of carbonyl (C=O) groups is 1. The Kier molecular flexibility index (Phi) is 7.32. The average molecular weight is 385 g/mol. The van der Waals surface area contributed by atoms with E-state index in [0.717, 1.165) is 5.56 Å². The number of anilines is 1. The summed E-state index contributed by atoms with van der Waals surface area (Å²) in [4.78, 5) is 13.1. The van der Waals surface area contributed by atoms with Crippen LogP contribution in [-0.2, 0) is 0 Å². The van der Waals surface area contributed by atoms with Gasteiger partial charge in [0.1, 0.15) is 5.75 Å². The molecule has 0 atom stereocenters. The lowest BCUT2D eigenvalue weighted by Crippen LogP contribution is -2.05. The lowest BCUT2D eigenvalue weighted by atomic mass is 9.98. The maximum Gasteiger partial charge on any atom is 0.203 e. The summed E-state index contributed by atoms with van der Waals surface area (Å²) in [6, 6.07) is 8.67. The van der Waals surface area contributed by atoms with Crippen LogP contribution in [-0.4, -0.2) is 33.7 Å². The van der Waals surface area contributed by atoms with Crippen molar-refractivity contribution in [2.45, 2.75) is 20.3 Å². The van der Waals surface area contributed by atoms with Crippen LogP contribution in [0, 0.1) is 0 Å². The summed E-state index contributed by atoms with van der Waals surface area (Å²) in [5, 5.41) is 0. The zero-order valence-electron chi connectivity index (χ0n) is 17.0. The van der Waals surface area contributed by atoms with Crippen molar-refractivity contribution in [1.82, 2.24) is 0 Å². The van der Waals surface area contributed by atoms with E-state index in [2.05, 4.69) is 0 Å². The smallest absolute Gasteiger partial charge is 0.203 e. The molecule has 2 aromatic carbocycles. The Bertz CT molecular complexity index is 873. The van der Waals surface area contributed by atoms with Crippen molar-refractivity contribution in [2.75, 3.05) is 33.7 Å². The fraction of sp³-hybridized carbons (Fsp3) is 0.318. The van der Waals surface area contributed by atoms with Crippen molar-refractivity contribution in [3.8, 4) is 23.0 Å². The van der Waals surface area contributed by atoms with Crippen LogP contribution in [0.1, 0.15) is 36.2 Å². The minimum absolute atomic E-state index is 0.0970. The maximum atomic E-state index is 13.1. The summed E-state index contributed by atoms with van der Waals surface area (Å²) in [6.45, 7) is 4.27. The van der Waals surface area contributed by atoms with Crippen LogP contribution in [0.4, 0.5) is 5.69 Å². The van der Waals surface area contributed by atoms with Gasteiger partial charge in [-0.2, -0.15) is 0 Å². The molecular formula is C22H27NO5. The molecule has 2 N–H and O–H groups in total. The topological polar surface area (TPSA) is 80.0 Å². The molecule has 0 unspecified atom stereocenters. The Labute approximate surface area is 165 Å². The molecule has 2 rings (SSSR count). The van der Waals surface area contributed by atoms with Crippen molar-refractivity contribution < 1.29 is 23.7 Å². The van der Waals surface area contributed by atoms with Crippen LogP contribution in [0.2, 0.25) is 0 Å². The first-order valence-corrected chi connectivity index (χ1v) is 9.07. The number of nitrogens with two attached hydrogens (primary N) is 1. The van der Waals surface area contributed by atoms with Crippen molar-refractivity contribution in [1.29, 1.82) is 0 Å². The third-order valence-electron chi connectivity index (χ3n) is 4.31. The van der Waals surface area contributed by atoms with Gasteiger partial charge in [-0.05, 0) is 49.8 Å². The summed E-state index contributed by atoms with van der Waals surface area (Å²) in [5.74, 6) is 1.95. The minimum Gasteiger partial charge on any atom is -0.493 e. The number of ether oxygens (including phenoxy) is 4. The van der Waals surface area contributed by atoms with Crippen LogP contribution in [0.3, 0.4) is 0 Å². The molecule has 0 saturated carbocycles. The molecule has 0 heterocycles. The zero-order valence-corrected chi connectivity index (χ0v) is 17.0. The van der Waals surface area contributed by atoms with E-state index < -0.39 is 0 Å². The molecule has 2 aromatic rings. The van der Waals surface area contributed by atoms with Crippen molar-refractivity contribution in [3.63, 3.8) is 0 Å². The average Bonchev–Trinajstić information content (AvgIpc) is 2.72. The Hall–Kier alpha value is -3.15. The second kappa shape index (κ2) is 9.69. The monoisotopic (exact) mass is 385 g/mol. The summed E-state index contributed by atoms with van der Waals surface area (Å²) in [6.07, 6.45) is 2.35. The van der Waals surface area contributed by atoms with Crippen LogP contribution >= 0.6 is 0 Å². The van der Waals surface area contributed by atoms with E-state index >= 15 is 0 Å². The van der Waals surface area contributed by atoms with Crippen molar-refractivity contribution in [2.24, 2.45) is 0 Å². The summed E-state index contributed by atoms with van der Waals surface area (Å²) in [5.41, 5.74) is 8.28. The predicted molar refractivity (Wildman–Crippen MR) is 111 cm³/mol. The second-order valence-electron chi connectivity index (χ2n) is 5.96. The van der Waals surface area contributed by atoms with Gasteiger partial charge < -0.3 is 24.7 Å². The number of methoxy groups -OCH3 is 3. The van der Waals surface area contributed by atoms with E-state index in [1.165, 1.54) is 0 Å². The standard InChI is InChI=1S/C22H27NO5/c1-6-14(20(24)15-8-10-17(23)19(13-15)28-7-2)12-16-9-11-18(25-3)22(27-5)21(16)26-4/h8-13H,6-7,23H2,1-5H3. The second-order valence-corrected chi connectivity index (χ2v) is 5.96. The van der Waals surface area contributed by atoms with Gasteiger partial charge in [0, 0.05) is 16.7 Å². The van der Waals surface area contributed by atoms with Gasteiger partial charge in [0.15, 0.2) is 17.3 Å². The Balaban J connectivity index is 2.49. The Morgan fingerprint density at radius 3 is 2.25 bits per heavy atom. The highest BCUT2D eigenvalue weighted by molar-refractivity contribution is 6.11. The molecule has 6 heteroatoms. The van der Waals surface area contributed by atoms with Crippen LogP contribution in [0.25, 0.3) is 6.08 Å². The first-order valence-electron chi connectivity index (χ1n) is 9.07. The van der Waals surface area contributed by atoms with E-state index in [9.17, 15) is 4.79 Å². The number of Topliss-reactive ketones (excluding diaryl/α,β-unsaturated/α-hetero) is 1. The summed E-state index contributed by atoms with van der Waals surface area (Å²) >= 11 is 0. The molecule has 28 heavy (non-hydrogen) atoms. The Morgan fingerprint density at radius 1 is 0.964 bits per heavy atom. The summed E-state index contributed by atoms with van der Waals surface area (Å²) < 4.78 is 21.7. The molecule has 0 saturated heterocycles. The third-order valence-corrected chi connectivity index (χ3v) is 4.31. The van der Waals surface area contributed by atoms with Crippen LogP contribution in [0.5, 0.6) is 23.0 Å². The molecule has 0 bridgehead atoms. The van der Waals surface area contributed by atoms with Gasteiger partial charge in [-0.15, -0.1) is 0 Å². The van der Waals surface area contributed by atoms with E-state index in [1.54, 1.807) is 51.7 Å². The lowest BCUT2D eigenvalue weighted by Gasteiger charge is -2.15. The van der Waals surface area contributed by atoms with Gasteiger partial charge in [-0.1, -0.05) is 6.92 Å².